The molecule has 5 nitrogen and oxygen atoms in total. The molecule has 0 radical (unpaired) electrons. The maximum absolute atomic E-state index is 13.6. The zero-order chi connectivity index (χ0) is 22.9. The SMILES string of the molecule is O=C(N[C@@H](c1ccc(CF)cc1)c1ncccc1C(F)(F)F)c1ccc2c(c1)CNC2=O. The molecule has 0 saturated heterocycles. The molecule has 0 saturated carbocycles. The number of aromatic nitrogens is 1. The molecule has 2 N–H and O–H groups in total. The minimum Gasteiger partial charge on any atom is -0.348 e. The first-order valence-corrected chi connectivity index (χ1v) is 9.67. The fourth-order valence-corrected chi connectivity index (χ4v) is 3.58. The van der Waals surface area contributed by atoms with Gasteiger partial charge in [0, 0.05) is 23.9 Å². The first-order chi connectivity index (χ1) is 15.3. The number of nitrogens with zero attached hydrogens (tertiary/aromatic N) is 1. The van der Waals surface area contributed by atoms with Crippen LogP contribution in [0.2, 0.25) is 0 Å². The van der Waals surface area contributed by atoms with Crippen LogP contribution in [0.15, 0.2) is 60.8 Å². The van der Waals surface area contributed by atoms with Crippen molar-refractivity contribution in [2.45, 2.75) is 25.4 Å². The second-order valence-corrected chi connectivity index (χ2v) is 7.27. The van der Waals surface area contributed by atoms with Crippen molar-refractivity contribution >= 4 is 11.8 Å². The van der Waals surface area contributed by atoms with Crippen LogP contribution in [0.25, 0.3) is 0 Å². The van der Waals surface area contributed by atoms with Crippen molar-refractivity contribution in [2.24, 2.45) is 0 Å². The topological polar surface area (TPSA) is 71.1 Å². The lowest BCUT2D eigenvalue weighted by molar-refractivity contribution is -0.138. The van der Waals surface area contributed by atoms with E-state index >= 15 is 0 Å². The van der Waals surface area contributed by atoms with Crippen molar-refractivity contribution < 1.29 is 27.2 Å². The summed E-state index contributed by atoms with van der Waals surface area (Å²) in [6, 6.07) is 11.1. The van der Waals surface area contributed by atoms with Gasteiger partial charge in [0.15, 0.2) is 0 Å². The van der Waals surface area contributed by atoms with E-state index < -0.39 is 30.4 Å². The Morgan fingerprint density at radius 1 is 1.12 bits per heavy atom. The average Bonchev–Trinajstić information content (AvgIpc) is 3.17. The molecule has 0 aliphatic carbocycles. The molecule has 1 aliphatic heterocycles. The van der Waals surface area contributed by atoms with Crippen molar-refractivity contribution in [3.63, 3.8) is 0 Å². The maximum atomic E-state index is 13.6. The first kappa shape index (κ1) is 21.5. The Hall–Kier alpha value is -3.75. The lowest BCUT2D eigenvalue weighted by Crippen LogP contribution is -2.31. The lowest BCUT2D eigenvalue weighted by Gasteiger charge is -2.22. The highest BCUT2D eigenvalue weighted by Gasteiger charge is 2.37. The summed E-state index contributed by atoms with van der Waals surface area (Å²) in [5.41, 5.74) is 0.576. The summed E-state index contributed by atoms with van der Waals surface area (Å²) in [6.45, 7) is -0.460. The lowest BCUT2D eigenvalue weighted by atomic mass is 9.97. The molecule has 0 bridgehead atoms. The van der Waals surface area contributed by atoms with Gasteiger partial charge < -0.3 is 10.6 Å². The Bertz CT molecular complexity index is 1180. The van der Waals surface area contributed by atoms with Crippen LogP contribution in [0.4, 0.5) is 17.6 Å². The third-order valence-corrected chi connectivity index (χ3v) is 5.21. The van der Waals surface area contributed by atoms with Crippen LogP contribution in [0, 0.1) is 0 Å². The molecule has 1 aliphatic rings. The predicted molar refractivity (Wildman–Crippen MR) is 107 cm³/mol. The summed E-state index contributed by atoms with van der Waals surface area (Å²) in [4.78, 5) is 28.6. The van der Waals surface area contributed by atoms with Gasteiger partial charge in [0.05, 0.1) is 17.3 Å². The van der Waals surface area contributed by atoms with Gasteiger partial charge in [0.1, 0.15) is 6.67 Å². The van der Waals surface area contributed by atoms with Crippen molar-refractivity contribution in [3.05, 3.63) is 99.9 Å². The quantitative estimate of drug-likeness (QED) is 0.577. The van der Waals surface area contributed by atoms with Crippen molar-refractivity contribution in [1.82, 2.24) is 15.6 Å². The third kappa shape index (κ3) is 4.18. The van der Waals surface area contributed by atoms with Crippen molar-refractivity contribution in [3.8, 4) is 0 Å². The Balaban J connectivity index is 1.73. The average molecular weight is 443 g/mol. The molecule has 9 heteroatoms. The normalized spacial score (nSPS) is 13.9. The van der Waals surface area contributed by atoms with Crippen LogP contribution in [0.1, 0.15) is 54.7 Å². The molecule has 1 atom stereocenters. The Kier molecular flexibility index (Phi) is 5.65. The van der Waals surface area contributed by atoms with Gasteiger partial charge in [-0.2, -0.15) is 13.2 Å². The van der Waals surface area contributed by atoms with E-state index in [4.69, 9.17) is 0 Å². The summed E-state index contributed by atoms with van der Waals surface area (Å²) in [6.07, 6.45) is -3.47. The number of carbonyl (C=O) groups is 2. The number of benzene rings is 2. The molecule has 0 fully saturated rings. The van der Waals surface area contributed by atoms with Crippen molar-refractivity contribution in [1.29, 1.82) is 0 Å². The highest BCUT2D eigenvalue weighted by molar-refractivity contribution is 6.01. The molecule has 0 unspecified atom stereocenters. The van der Waals surface area contributed by atoms with Gasteiger partial charge in [-0.3, -0.25) is 14.6 Å². The van der Waals surface area contributed by atoms with E-state index in [1.54, 1.807) is 0 Å². The Morgan fingerprint density at radius 3 is 2.56 bits per heavy atom. The van der Waals surface area contributed by atoms with Gasteiger partial charge in [-0.1, -0.05) is 24.3 Å². The zero-order valence-corrected chi connectivity index (χ0v) is 16.5. The van der Waals surface area contributed by atoms with Gasteiger partial charge in [-0.05, 0) is 47.0 Å². The first-order valence-electron chi connectivity index (χ1n) is 9.67. The van der Waals surface area contributed by atoms with E-state index in [0.717, 1.165) is 6.07 Å². The van der Waals surface area contributed by atoms with Gasteiger partial charge in [-0.25, -0.2) is 4.39 Å². The molecule has 0 spiro atoms. The van der Waals surface area contributed by atoms with Gasteiger partial charge in [0.25, 0.3) is 11.8 Å². The van der Waals surface area contributed by atoms with Gasteiger partial charge >= 0.3 is 6.18 Å². The van der Waals surface area contributed by atoms with Gasteiger partial charge in [0.2, 0.25) is 0 Å². The summed E-state index contributed by atoms with van der Waals surface area (Å²) in [5, 5.41) is 5.26. The molecule has 3 aromatic rings. The monoisotopic (exact) mass is 443 g/mol. The molecule has 164 valence electrons. The Morgan fingerprint density at radius 2 is 1.88 bits per heavy atom. The van der Waals surface area contributed by atoms with Crippen LogP contribution < -0.4 is 10.6 Å². The fourth-order valence-electron chi connectivity index (χ4n) is 3.58. The minimum absolute atomic E-state index is 0.190. The molecule has 2 heterocycles. The minimum atomic E-state index is -4.69. The largest absolute Gasteiger partial charge is 0.418 e. The van der Waals surface area contributed by atoms with Crippen LogP contribution in [-0.4, -0.2) is 16.8 Å². The predicted octanol–water partition coefficient (Wildman–Crippen LogP) is 4.33. The molecule has 4 rings (SSSR count). The molecular formula is C23H17F4N3O2. The number of fused-ring (bicyclic) bond motifs is 1. The maximum Gasteiger partial charge on any atom is 0.418 e. The number of alkyl halides is 4. The number of pyridine rings is 1. The second kappa shape index (κ2) is 8.41. The van der Waals surface area contributed by atoms with E-state index in [1.807, 2.05) is 0 Å². The molecule has 2 aromatic carbocycles. The third-order valence-electron chi connectivity index (χ3n) is 5.21. The number of rotatable bonds is 5. The van der Waals surface area contributed by atoms with E-state index in [9.17, 15) is 27.2 Å². The highest BCUT2D eigenvalue weighted by atomic mass is 19.4. The number of amides is 2. The van der Waals surface area contributed by atoms with Gasteiger partial charge in [-0.15, -0.1) is 0 Å². The van der Waals surface area contributed by atoms with E-state index in [0.29, 0.717) is 22.3 Å². The smallest absolute Gasteiger partial charge is 0.348 e. The molecule has 1 aromatic heterocycles. The summed E-state index contributed by atoms with van der Waals surface area (Å²) in [5.74, 6) is -0.883. The highest BCUT2D eigenvalue weighted by Crippen LogP contribution is 2.35. The number of hydrogen-bond acceptors (Lipinski definition) is 3. The van der Waals surface area contributed by atoms with Crippen LogP contribution >= 0.6 is 0 Å². The number of hydrogen-bond donors (Lipinski definition) is 2. The second-order valence-electron chi connectivity index (χ2n) is 7.27. The number of halogens is 4. The van der Waals surface area contributed by atoms with Crippen LogP contribution in [-0.2, 0) is 19.4 Å². The van der Waals surface area contributed by atoms with Crippen LogP contribution in [0.5, 0.6) is 0 Å². The standard InChI is InChI=1S/C23H17F4N3O2/c24-11-13-3-5-14(6-4-13)19(20-18(23(25,26)27)2-1-9-28-20)30-21(31)15-7-8-17-16(10-15)12-29-22(17)32/h1-10,19H,11-12H2,(H,29,32)(H,30,31)/t19-/m0/s1. The van der Waals surface area contributed by atoms with Crippen molar-refractivity contribution in [2.75, 3.05) is 0 Å². The Labute approximate surface area is 180 Å². The zero-order valence-electron chi connectivity index (χ0n) is 16.5. The number of nitrogens with one attached hydrogen (secondary N) is 2. The van der Waals surface area contributed by atoms with E-state index in [1.165, 1.54) is 54.7 Å². The van der Waals surface area contributed by atoms with Crippen LogP contribution in [0.3, 0.4) is 0 Å². The fraction of sp³-hybridized carbons (Fsp3) is 0.174. The molecular weight excluding hydrogens is 426 g/mol. The van der Waals surface area contributed by atoms with E-state index in [2.05, 4.69) is 15.6 Å². The summed E-state index contributed by atoms with van der Waals surface area (Å²) < 4.78 is 53.9. The summed E-state index contributed by atoms with van der Waals surface area (Å²) >= 11 is 0. The number of carbonyl (C=O) groups excluding carboxylic acids is 2. The summed E-state index contributed by atoms with van der Waals surface area (Å²) in [7, 11) is 0. The van der Waals surface area contributed by atoms with E-state index in [-0.39, 0.29) is 23.7 Å². The molecule has 32 heavy (non-hydrogen) atoms. The molecule has 2 amide bonds.